The van der Waals surface area contributed by atoms with Gasteiger partial charge < -0.3 is 9.84 Å². The minimum atomic E-state index is -1.04. The van der Waals surface area contributed by atoms with E-state index in [1.54, 1.807) is 25.1 Å². The number of nitro benzene ring substituents is 1. The zero-order valence-corrected chi connectivity index (χ0v) is 20.9. The Bertz CT molecular complexity index is 1620. The number of Topliss-reactive ketones (excluding diaryl/α,β-unsaturated/α-hetero) is 1. The predicted molar refractivity (Wildman–Crippen MR) is 140 cm³/mol. The van der Waals surface area contributed by atoms with Crippen molar-refractivity contribution in [3.63, 3.8) is 0 Å². The molecule has 0 bridgehead atoms. The Morgan fingerprint density at radius 1 is 1.08 bits per heavy atom. The fourth-order valence-electron chi connectivity index (χ4n) is 4.43. The minimum Gasteiger partial charge on any atom is -0.507 e. The molecule has 1 aliphatic heterocycles. The number of aliphatic hydroxyl groups is 1. The number of fused-ring (bicyclic) bond motifs is 1. The van der Waals surface area contributed by atoms with E-state index in [0.717, 1.165) is 15.8 Å². The summed E-state index contributed by atoms with van der Waals surface area (Å²) in [6.45, 7) is 3.74. The molecule has 10 heteroatoms. The molecule has 0 saturated carbocycles. The highest BCUT2D eigenvalue weighted by Crippen LogP contribution is 2.44. The minimum absolute atomic E-state index is 0.126. The Kier molecular flexibility index (Phi) is 5.96. The van der Waals surface area contributed by atoms with Crippen LogP contribution in [0.5, 0.6) is 5.75 Å². The summed E-state index contributed by atoms with van der Waals surface area (Å²) >= 11 is 1.25. The Labute approximate surface area is 215 Å². The third-order valence-corrected chi connectivity index (χ3v) is 7.29. The van der Waals surface area contributed by atoms with Crippen molar-refractivity contribution < 1.29 is 24.4 Å². The average Bonchev–Trinajstić information content (AvgIpc) is 3.41. The van der Waals surface area contributed by atoms with Crippen LogP contribution in [0.15, 0.2) is 66.2 Å². The molecule has 1 aromatic heterocycles. The van der Waals surface area contributed by atoms with Crippen molar-refractivity contribution >= 4 is 49.8 Å². The van der Waals surface area contributed by atoms with Crippen molar-refractivity contribution in [2.45, 2.75) is 19.9 Å². The number of methoxy groups -OCH3 is 1. The third-order valence-electron chi connectivity index (χ3n) is 6.27. The van der Waals surface area contributed by atoms with Gasteiger partial charge in [0.25, 0.3) is 11.5 Å². The summed E-state index contributed by atoms with van der Waals surface area (Å²) in [6.07, 6.45) is 0. The van der Waals surface area contributed by atoms with Gasteiger partial charge in [-0.25, -0.2) is 4.98 Å². The number of aryl methyl sites for hydroxylation is 2. The van der Waals surface area contributed by atoms with Crippen molar-refractivity contribution in [1.82, 2.24) is 4.98 Å². The van der Waals surface area contributed by atoms with E-state index in [2.05, 4.69) is 4.98 Å². The summed E-state index contributed by atoms with van der Waals surface area (Å²) in [5.74, 6) is -1.46. The quantitative estimate of drug-likeness (QED) is 0.123. The van der Waals surface area contributed by atoms with E-state index in [1.165, 1.54) is 47.6 Å². The molecule has 0 radical (unpaired) electrons. The summed E-state index contributed by atoms with van der Waals surface area (Å²) in [6, 6.07) is 15.1. The molecule has 0 aliphatic carbocycles. The van der Waals surface area contributed by atoms with E-state index < -0.39 is 22.7 Å². The number of carbonyl (C=O) groups is 2. The highest BCUT2D eigenvalue weighted by atomic mass is 32.1. The number of aliphatic hydroxyl groups excluding tert-OH is 1. The number of hydrogen-bond acceptors (Lipinski definition) is 8. The summed E-state index contributed by atoms with van der Waals surface area (Å²) in [5, 5.41) is 22.8. The Balaban J connectivity index is 1.72. The van der Waals surface area contributed by atoms with Crippen molar-refractivity contribution in [3.05, 3.63) is 98.6 Å². The van der Waals surface area contributed by atoms with Gasteiger partial charge in [0.15, 0.2) is 5.13 Å². The first-order chi connectivity index (χ1) is 17.7. The van der Waals surface area contributed by atoms with Crippen LogP contribution in [0.25, 0.3) is 16.0 Å². The van der Waals surface area contributed by atoms with Crippen LogP contribution in [0.1, 0.15) is 28.3 Å². The van der Waals surface area contributed by atoms with Gasteiger partial charge in [0.2, 0.25) is 0 Å². The molecule has 0 spiro atoms. The number of nitrogens with zero attached hydrogens (tertiary/aromatic N) is 3. The molecule has 1 N–H and O–H groups in total. The first-order valence-electron chi connectivity index (χ1n) is 11.3. The Morgan fingerprint density at radius 2 is 1.81 bits per heavy atom. The molecule has 5 rings (SSSR count). The molecule has 4 aromatic rings. The van der Waals surface area contributed by atoms with Gasteiger partial charge in [-0.15, -0.1) is 0 Å². The Morgan fingerprint density at radius 3 is 2.46 bits per heavy atom. The van der Waals surface area contributed by atoms with Crippen LogP contribution < -0.4 is 9.64 Å². The second kappa shape index (κ2) is 9.14. The SMILES string of the molecule is COc1ccc(/C(O)=C2\C(=O)C(=O)N(c3nc4ccc(C)cc4s3)[C@H]2c2ccc([N+](=O)[O-])cc2)cc1C. The van der Waals surface area contributed by atoms with Gasteiger partial charge in [0.05, 0.1) is 33.9 Å². The number of carbonyl (C=O) groups excluding carboxylic acids is 2. The predicted octanol–water partition coefficient (Wildman–Crippen LogP) is 5.46. The lowest BCUT2D eigenvalue weighted by Gasteiger charge is -2.23. The van der Waals surface area contributed by atoms with E-state index >= 15 is 0 Å². The van der Waals surface area contributed by atoms with Crippen molar-refractivity contribution in [1.29, 1.82) is 0 Å². The summed E-state index contributed by atoms with van der Waals surface area (Å²) in [5.41, 5.74) is 2.91. The number of non-ortho nitro benzene ring substituents is 1. The molecule has 186 valence electrons. The number of anilines is 1. The van der Waals surface area contributed by atoms with Crippen molar-refractivity contribution in [2.75, 3.05) is 12.0 Å². The second-order valence-corrected chi connectivity index (χ2v) is 9.68. The molecular weight excluding hydrogens is 494 g/mol. The van der Waals surface area contributed by atoms with Gasteiger partial charge in [-0.05, 0) is 73.0 Å². The smallest absolute Gasteiger partial charge is 0.301 e. The molecule has 1 aliphatic rings. The van der Waals surface area contributed by atoms with Gasteiger partial charge in [-0.1, -0.05) is 17.4 Å². The fraction of sp³-hybridized carbons (Fsp3) is 0.148. The van der Waals surface area contributed by atoms with Crippen LogP contribution in [0.3, 0.4) is 0 Å². The van der Waals surface area contributed by atoms with E-state index in [9.17, 15) is 24.8 Å². The molecule has 1 atom stereocenters. The number of ketones is 1. The van der Waals surface area contributed by atoms with Gasteiger partial charge >= 0.3 is 5.91 Å². The topological polar surface area (TPSA) is 123 Å². The van der Waals surface area contributed by atoms with Gasteiger partial charge in [0, 0.05) is 17.7 Å². The van der Waals surface area contributed by atoms with Gasteiger partial charge in [0.1, 0.15) is 11.5 Å². The summed E-state index contributed by atoms with van der Waals surface area (Å²) in [4.78, 5) is 43.3. The first kappa shape index (κ1) is 24.1. The van der Waals surface area contributed by atoms with E-state index in [4.69, 9.17) is 4.74 Å². The lowest BCUT2D eigenvalue weighted by Crippen LogP contribution is -2.29. The van der Waals surface area contributed by atoms with Crippen LogP contribution in [-0.2, 0) is 9.59 Å². The summed E-state index contributed by atoms with van der Waals surface area (Å²) in [7, 11) is 1.53. The maximum Gasteiger partial charge on any atom is 0.301 e. The molecule has 37 heavy (non-hydrogen) atoms. The largest absolute Gasteiger partial charge is 0.507 e. The highest BCUT2D eigenvalue weighted by molar-refractivity contribution is 7.22. The highest BCUT2D eigenvalue weighted by Gasteiger charge is 2.48. The molecule has 3 aromatic carbocycles. The standard InChI is InChI=1S/C27H21N3O6S/c1-14-4-10-19-21(12-14)37-27(28-19)29-23(16-5-8-18(9-6-16)30(34)35)22(25(32)26(29)33)24(31)17-7-11-20(36-3)15(2)13-17/h4-13,23,31H,1-3H3/b24-22+/t23-/m0/s1. The zero-order chi connectivity index (χ0) is 26.4. The van der Waals surface area contributed by atoms with Crippen LogP contribution >= 0.6 is 11.3 Å². The molecular formula is C27H21N3O6S. The van der Waals surface area contributed by atoms with E-state index in [-0.39, 0.29) is 22.2 Å². The number of thiazole rings is 1. The van der Waals surface area contributed by atoms with Crippen LogP contribution in [0, 0.1) is 24.0 Å². The first-order valence-corrected chi connectivity index (χ1v) is 12.1. The number of benzene rings is 3. The molecule has 1 amide bonds. The number of ether oxygens (including phenoxy) is 1. The van der Waals surface area contributed by atoms with Crippen molar-refractivity contribution in [3.8, 4) is 5.75 Å². The van der Waals surface area contributed by atoms with Crippen molar-refractivity contribution in [2.24, 2.45) is 0 Å². The number of aromatic nitrogens is 1. The lowest BCUT2D eigenvalue weighted by molar-refractivity contribution is -0.384. The number of hydrogen-bond donors (Lipinski definition) is 1. The zero-order valence-electron chi connectivity index (χ0n) is 20.1. The Hall–Kier alpha value is -4.57. The molecule has 2 heterocycles. The molecule has 1 fully saturated rings. The molecule has 1 saturated heterocycles. The normalized spacial score (nSPS) is 16.9. The van der Waals surface area contributed by atoms with Gasteiger partial charge in [-0.3, -0.25) is 24.6 Å². The monoisotopic (exact) mass is 515 g/mol. The lowest BCUT2D eigenvalue weighted by atomic mass is 9.94. The van der Waals surface area contributed by atoms with Crippen LogP contribution in [0.4, 0.5) is 10.8 Å². The maximum absolute atomic E-state index is 13.4. The molecule has 0 unspecified atom stereocenters. The number of nitro groups is 1. The van der Waals surface area contributed by atoms with Gasteiger partial charge in [-0.2, -0.15) is 0 Å². The number of amides is 1. The maximum atomic E-state index is 13.4. The van der Waals surface area contributed by atoms with Crippen LogP contribution in [-0.4, -0.2) is 33.8 Å². The summed E-state index contributed by atoms with van der Waals surface area (Å²) < 4.78 is 6.13. The fourth-order valence-corrected chi connectivity index (χ4v) is 5.52. The van der Waals surface area contributed by atoms with E-state index in [0.29, 0.717) is 22.4 Å². The average molecular weight is 516 g/mol. The van der Waals surface area contributed by atoms with Crippen LogP contribution in [0.2, 0.25) is 0 Å². The molecule has 9 nitrogen and oxygen atoms in total. The second-order valence-electron chi connectivity index (χ2n) is 8.67. The number of rotatable bonds is 5. The third kappa shape index (κ3) is 4.11. The van der Waals surface area contributed by atoms with E-state index in [1.807, 2.05) is 25.1 Å².